The van der Waals surface area contributed by atoms with Crippen molar-refractivity contribution in [3.63, 3.8) is 0 Å². The van der Waals surface area contributed by atoms with Crippen LogP contribution in [0.15, 0.2) is 0 Å². The highest BCUT2D eigenvalue weighted by atomic mass is 14.1. The molecule has 1 unspecified atom stereocenters. The van der Waals surface area contributed by atoms with Crippen LogP contribution in [0.4, 0.5) is 0 Å². The summed E-state index contributed by atoms with van der Waals surface area (Å²) in [5.41, 5.74) is 0. The molecule has 102 valence electrons. The third-order valence-electron chi connectivity index (χ3n) is 3.64. The molecule has 0 heteroatoms. The number of unbranched alkanes of at least 4 members (excludes halogenated alkanes) is 9. The molecule has 17 heavy (non-hydrogen) atoms. The fourth-order valence-corrected chi connectivity index (χ4v) is 2.37. The Morgan fingerprint density at radius 2 is 0.941 bits per heavy atom. The van der Waals surface area contributed by atoms with Gasteiger partial charge < -0.3 is 0 Å². The zero-order valence-electron chi connectivity index (χ0n) is 12.2. The predicted molar refractivity (Wildman–Crippen MR) is 79.9 cm³/mol. The van der Waals surface area contributed by atoms with Gasteiger partial charge in [-0.05, 0) is 5.92 Å². The lowest BCUT2D eigenvalue weighted by atomic mass is 9.96. The molecule has 0 spiro atoms. The van der Waals surface area contributed by atoms with Crippen molar-refractivity contribution in [2.45, 2.75) is 90.4 Å². The normalized spacial score (nSPS) is 12.9. The monoisotopic (exact) mass is 238 g/mol. The van der Waals surface area contributed by atoms with E-state index in [0.29, 0.717) is 0 Å². The second kappa shape index (κ2) is 14.1. The van der Waals surface area contributed by atoms with Gasteiger partial charge in [-0.25, -0.2) is 0 Å². The first-order valence-electron chi connectivity index (χ1n) is 7.89. The number of hydrogen-bond acceptors (Lipinski definition) is 0. The Labute approximate surface area is 111 Å². The number of rotatable bonds is 13. The van der Waals surface area contributed by atoms with Crippen molar-refractivity contribution in [2.75, 3.05) is 0 Å². The maximum absolute atomic E-state index is 3.89. The van der Waals surface area contributed by atoms with Crippen LogP contribution in [0.3, 0.4) is 0 Å². The molecule has 0 saturated carbocycles. The van der Waals surface area contributed by atoms with Gasteiger partial charge in [-0.3, -0.25) is 0 Å². The predicted octanol–water partition coefficient (Wildman–Crippen LogP) is 6.36. The van der Waals surface area contributed by atoms with E-state index < -0.39 is 0 Å². The summed E-state index contributed by atoms with van der Waals surface area (Å²) in [5, 5.41) is 0. The Kier molecular flexibility index (Phi) is 14.1. The molecule has 0 bridgehead atoms. The Morgan fingerprint density at radius 3 is 1.41 bits per heavy atom. The summed E-state index contributed by atoms with van der Waals surface area (Å²) in [4.78, 5) is 0. The van der Waals surface area contributed by atoms with E-state index in [9.17, 15) is 0 Å². The van der Waals surface area contributed by atoms with Gasteiger partial charge in [-0.2, -0.15) is 0 Å². The van der Waals surface area contributed by atoms with Crippen molar-refractivity contribution >= 4 is 0 Å². The molecule has 0 heterocycles. The molecule has 0 aromatic heterocycles. The molecule has 0 aliphatic rings. The highest BCUT2D eigenvalue weighted by molar-refractivity contribution is 4.56. The minimum absolute atomic E-state index is 0.944. The molecule has 2 radical (unpaired) electrons. The van der Waals surface area contributed by atoms with Crippen molar-refractivity contribution in [2.24, 2.45) is 5.92 Å². The van der Waals surface area contributed by atoms with Gasteiger partial charge in [-0.1, -0.05) is 104 Å². The SMILES string of the molecule is [CH2]CCCCCCCCC(C)CCCCC[CH2]. The van der Waals surface area contributed by atoms with Gasteiger partial charge in [0.1, 0.15) is 0 Å². The maximum Gasteiger partial charge on any atom is -0.0443 e. The minimum Gasteiger partial charge on any atom is -0.0625 e. The molecule has 0 aliphatic carbocycles. The van der Waals surface area contributed by atoms with Gasteiger partial charge in [-0.15, -0.1) is 0 Å². The van der Waals surface area contributed by atoms with Gasteiger partial charge in [0, 0.05) is 0 Å². The van der Waals surface area contributed by atoms with Crippen LogP contribution in [0, 0.1) is 19.8 Å². The molecule has 0 aromatic carbocycles. The Morgan fingerprint density at radius 1 is 0.588 bits per heavy atom. The lowest BCUT2D eigenvalue weighted by Gasteiger charge is -2.10. The third kappa shape index (κ3) is 13.9. The fraction of sp³-hybridized carbons (Fsp3) is 0.882. The molecule has 0 N–H and O–H groups in total. The molecule has 0 rings (SSSR count). The van der Waals surface area contributed by atoms with Crippen molar-refractivity contribution in [1.29, 1.82) is 0 Å². The van der Waals surface area contributed by atoms with Crippen molar-refractivity contribution in [3.8, 4) is 0 Å². The van der Waals surface area contributed by atoms with Crippen molar-refractivity contribution < 1.29 is 0 Å². The van der Waals surface area contributed by atoms with E-state index in [1.165, 1.54) is 70.6 Å². The van der Waals surface area contributed by atoms with Crippen LogP contribution in [0.2, 0.25) is 0 Å². The van der Waals surface area contributed by atoms with E-state index in [1.807, 2.05) is 0 Å². The fourth-order valence-electron chi connectivity index (χ4n) is 2.37. The summed E-state index contributed by atoms with van der Waals surface area (Å²) in [7, 11) is 0. The maximum atomic E-state index is 3.89. The molecule has 0 fully saturated rings. The summed E-state index contributed by atoms with van der Waals surface area (Å²) in [6.07, 6.45) is 17.7. The van der Waals surface area contributed by atoms with E-state index in [0.717, 1.165) is 18.8 Å². The third-order valence-corrected chi connectivity index (χ3v) is 3.64. The van der Waals surface area contributed by atoms with Gasteiger partial charge in [0.25, 0.3) is 0 Å². The molecule has 0 aromatic rings. The smallest absolute Gasteiger partial charge is 0.0443 e. The minimum atomic E-state index is 0.944. The summed E-state index contributed by atoms with van der Waals surface area (Å²) in [5.74, 6) is 0.944. The van der Waals surface area contributed by atoms with Crippen LogP contribution in [-0.4, -0.2) is 0 Å². The summed E-state index contributed by atoms with van der Waals surface area (Å²) in [6.45, 7) is 10.2. The lowest BCUT2D eigenvalue weighted by Crippen LogP contribution is -1.95. The first-order valence-corrected chi connectivity index (χ1v) is 7.89. The highest BCUT2D eigenvalue weighted by Crippen LogP contribution is 2.17. The largest absolute Gasteiger partial charge is 0.0625 e. The van der Waals surface area contributed by atoms with Crippen LogP contribution < -0.4 is 0 Å². The molecule has 1 atom stereocenters. The molecular weight excluding hydrogens is 204 g/mol. The van der Waals surface area contributed by atoms with Gasteiger partial charge in [0.15, 0.2) is 0 Å². The van der Waals surface area contributed by atoms with E-state index >= 15 is 0 Å². The standard InChI is InChI=1S/C17H34/c1-4-6-8-10-11-12-14-16-17(3)15-13-9-7-5-2/h17H,1-2,4-16H2,3H3. The zero-order chi connectivity index (χ0) is 12.8. The molecule has 0 aliphatic heterocycles. The quantitative estimate of drug-likeness (QED) is 0.327. The first kappa shape index (κ1) is 17.0. The average Bonchev–Trinajstić information content (AvgIpc) is 2.33. The summed E-state index contributed by atoms with van der Waals surface area (Å²) in [6, 6.07) is 0. The van der Waals surface area contributed by atoms with Gasteiger partial charge >= 0.3 is 0 Å². The summed E-state index contributed by atoms with van der Waals surface area (Å²) < 4.78 is 0. The van der Waals surface area contributed by atoms with Gasteiger partial charge in [0.2, 0.25) is 0 Å². The van der Waals surface area contributed by atoms with Gasteiger partial charge in [0.05, 0.1) is 0 Å². The van der Waals surface area contributed by atoms with Crippen LogP contribution in [0.5, 0.6) is 0 Å². The second-order valence-corrected chi connectivity index (χ2v) is 5.57. The van der Waals surface area contributed by atoms with E-state index in [-0.39, 0.29) is 0 Å². The average molecular weight is 238 g/mol. The van der Waals surface area contributed by atoms with E-state index in [2.05, 4.69) is 20.8 Å². The Hall–Kier alpha value is 0. The lowest BCUT2D eigenvalue weighted by molar-refractivity contribution is 0.434. The van der Waals surface area contributed by atoms with Crippen LogP contribution in [-0.2, 0) is 0 Å². The molecular formula is C17H34. The topological polar surface area (TPSA) is 0 Å². The zero-order valence-corrected chi connectivity index (χ0v) is 12.2. The summed E-state index contributed by atoms with van der Waals surface area (Å²) >= 11 is 0. The van der Waals surface area contributed by atoms with Crippen molar-refractivity contribution in [1.82, 2.24) is 0 Å². The Bertz CT molecular complexity index is 128. The molecule has 0 saturated heterocycles. The van der Waals surface area contributed by atoms with Crippen LogP contribution in [0.25, 0.3) is 0 Å². The van der Waals surface area contributed by atoms with Crippen molar-refractivity contribution in [3.05, 3.63) is 13.8 Å². The van der Waals surface area contributed by atoms with E-state index in [1.54, 1.807) is 0 Å². The van der Waals surface area contributed by atoms with E-state index in [4.69, 9.17) is 0 Å². The number of hydrogen-bond donors (Lipinski definition) is 0. The van der Waals surface area contributed by atoms with Crippen LogP contribution in [0.1, 0.15) is 90.4 Å². The first-order chi connectivity index (χ1) is 8.31. The van der Waals surface area contributed by atoms with Crippen LogP contribution >= 0.6 is 0 Å². The Balaban J connectivity index is 3.08. The highest BCUT2D eigenvalue weighted by Gasteiger charge is 2.01. The molecule has 0 amide bonds. The molecule has 0 nitrogen and oxygen atoms in total. The second-order valence-electron chi connectivity index (χ2n) is 5.57.